The summed E-state index contributed by atoms with van der Waals surface area (Å²) >= 11 is 0. The highest BCUT2D eigenvalue weighted by molar-refractivity contribution is 5.77. The lowest BCUT2D eigenvalue weighted by atomic mass is 9.73. The Hall–Kier alpha value is -1.65. The van der Waals surface area contributed by atoms with Gasteiger partial charge in [-0.1, -0.05) is 12.8 Å². The third-order valence-corrected chi connectivity index (χ3v) is 6.73. The lowest BCUT2D eigenvalue weighted by molar-refractivity contribution is -0.140. The second kappa shape index (κ2) is 6.58. The number of hydrogen-bond donors (Lipinski definition) is 0. The molecule has 1 aliphatic carbocycles. The van der Waals surface area contributed by atoms with Gasteiger partial charge in [-0.2, -0.15) is 0 Å². The van der Waals surface area contributed by atoms with Crippen molar-refractivity contribution < 1.29 is 4.79 Å². The van der Waals surface area contributed by atoms with E-state index in [1.54, 1.807) is 6.33 Å². The summed E-state index contributed by atoms with van der Waals surface area (Å²) in [6, 6.07) is 0.503. The second-order valence-corrected chi connectivity index (χ2v) is 8.39. The Morgan fingerprint density at radius 1 is 1.08 bits per heavy atom. The van der Waals surface area contributed by atoms with Crippen molar-refractivity contribution in [2.75, 3.05) is 24.5 Å². The average molecular weight is 342 g/mol. The molecule has 1 aromatic rings. The number of hydrogen-bond acceptors (Lipinski definition) is 4. The molecule has 5 nitrogen and oxygen atoms in total. The molecule has 4 rings (SSSR count). The Morgan fingerprint density at radius 3 is 2.68 bits per heavy atom. The fourth-order valence-electron chi connectivity index (χ4n) is 5.16. The van der Waals surface area contributed by atoms with E-state index in [9.17, 15) is 4.79 Å². The van der Waals surface area contributed by atoms with Crippen LogP contribution in [0, 0.1) is 19.3 Å². The fourth-order valence-corrected chi connectivity index (χ4v) is 5.16. The standard InChI is InChI=1S/C20H30N4O/c1-15-16(2)21-14-22-19(15)23-11-5-9-20(12-23)10-8-18(25)24(13-20)17-6-3-4-7-17/h14,17H,3-13H2,1-2H3/t20-/m1/s1. The van der Waals surface area contributed by atoms with Gasteiger partial charge >= 0.3 is 0 Å². The van der Waals surface area contributed by atoms with E-state index in [1.165, 1.54) is 44.1 Å². The van der Waals surface area contributed by atoms with E-state index < -0.39 is 0 Å². The van der Waals surface area contributed by atoms with Gasteiger partial charge in [-0.3, -0.25) is 4.79 Å². The van der Waals surface area contributed by atoms with Gasteiger partial charge in [-0.25, -0.2) is 9.97 Å². The zero-order chi connectivity index (χ0) is 17.4. The number of aromatic nitrogens is 2. The molecule has 25 heavy (non-hydrogen) atoms. The normalized spacial score (nSPS) is 28.2. The van der Waals surface area contributed by atoms with E-state index in [4.69, 9.17) is 0 Å². The lowest BCUT2D eigenvalue weighted by Crippen LogP contribution is -2.56. The van der Waals surface area contributed by atoms with Crippen LogP contribution in [0.2, 0.25) is 0 Å². The SMILES string of the molecule is Cc1ncnc(N2CCC[C@@]3(CCC(=O)N(C4CCCC4)C3)C2)c1C. The summed E-state index contributed by atoms with van der Waals surface area (Å²) in [6.07, 6.45) is 10.9. The van der Waals surface area contributed by atoms with Gasteiger partial charge < -0.3 is 9.80 Å². The van der Waals surface area contributed by atoms with E-state index in [-0.39, 0.29) is 5.41 Å². The molecule has 2 saturated heterocycles. The molecule has 5 heteroatoms. The van der Waals surface area contributed by atoms with Gasteiger partial charge in [0.1, 0.15) is 12.1 Å². The van der Waals surface area contributed by atoms with Crippen LogP contribution in [0.1, 0.15) is 62.6 Å². The Bertz CT molecular complexity index is 655. The molecule has 3 fully saturated rings. The Kier molecular flexibility index (Phi) is 4.42. The molecule has 136 valence electrons. The van der Waals surface area contributed by atoms with Crippen molar-refractivity contribution in [3.63, 3.8) is 0 Å². The van der Waals surface area contributed by atoms with Gasteiger partial charge in [0.15, 0.2) is 0 Å². The molecule has 1 atom stereocenters. The van der Waals surface area contributed by atoms with Gasteiger partial charge in [0.05, 0.1) is 0 Å². The molecule has 1 aromatic heterocycles. The predicted molar refractivity (Wildman–Crippen MR) is 98.6 cm³/mol. The summed E-state index contributed by atoms with van der Waals surface area (Å²) in [4.78, 5) is 26.2. The third kappa shape index (κ3) is 3.13. The molecule has 0 N–H and O–H groups in total. The Morgan fingerprint density at radius 2 is 1.88 bits per heavy atom. The van der Waals surface area contributed by atoms with Crippen molar-refractivity contribution >= 4 is 11.7 Å². The first-order valence-corrected chi connectivity index (χ1v) is 9.91. The number of rotatable bonds is 2. The van der Waals surface area contributed by atoms with Gasteiger partial charge in [0.2, 0.25) is 5.91 Å². The number of nitrogens with zero attached hydrogens (tertiary/aromatic N) is 4. The maximum Gasteiger partial charge on any atom is 0.222 e. The molecule has 2 aliphatic heterocycles. The van der Waals surface area contributed by atoms with Crippen molar-refractivity contribution in [3.8, 4) is 0 Å². The molecule has 0 bridgehead atoms. The van der Waals surface area contributed by atoms with Crippen LogP contribution in [0.4, 0.5) is 5.82 Å². The highest BCUT2D eigenvalue weighted by atomic mass is 16.2. The predicted octanol–water partition coefficient (Wildman–Crippen LogP) is 3.25. The summed E-state index contributed by atoms with van der Waals surface area (Å²) in [5.74, 6) is 1.49. The molecule has 0 unspecified atom stereocenters. The van der Waals surface area contributed by atoms with Crippen LogP contribution in [0.25, 0.3) is 0 Å². The Labute approximate surface area is 150 Å². The summed E-state index contributed by atoms with van der Waals surface area (Å²) < 4.78 is 0. The van der Waals surface area contributed by atoms with E-state index in [2.05, 4.69) is 33.6 Å². The van der Waals surface area contributed by atoms with E-state index >= 15 is 0 Å². The van der Waals surface area contributed by atoms with Crippen molar-refractivity contribution in [2.45, 2.75) is 71.3 Å². The highest BCUT2D eigenvalue weighted by Gasteiger charge is 2.44. The van der Waals surface area contributed by atoms with Crippen LogP contribution in [0.15, 0.2) is 6.33 Å². The molecule has 0 radical (unpaired) electrons. The molecular weight excluding hydrogens is 312 g/mol. The molecule has 3 aliphatic rings. The molecule has 3 heterocycles. The van der Waals surface area contributed by atoms with Crippen LogP contribution in [-0.2, 0) is 4.79 Å². The first-order valence-electron chi connectivity index (χ1n) is 9.91. The van der Waals surface area contributed by atoms with E-state index in [0.29, 0.717) is 11.9 Å². The molecule has 1 saturated carbocycles. The number of piperidine rings is 2. The van der Waals surface area contributed by atoms with Gasteiger partial charge in [-0.15, -0.1) is 0 Å². The largest absolute Gasteiger partial charge is 0.356 e. The average Bonchev–Trinajstić information content (AvgIpc) is 3.14. The zero-order valence-corrected chi connectivity index (χ0v) is 15.6. The molecular formula is C20H30N4O. The quantitative estimate of drug-likeness (QED) is 0.828. The minimum Gasteiger partial charge on any atom is -0.356 e. The van der Waals surface area contributed by atoms with Crippen LogP contribution in [0.5, 0.6) is 0 Å². The van der Waals surface area contributed by atoms with Crippen molar-refractivity contribution in [2.24, 2.45) is 5.41 Å². The first kappa shape index (κ1) is 16.8. The molecule has 1 spiro atoms. The van der Waals surface area contributed by atoms with Crippen LogP contribution < -0.4 is 4.90 Å². The Balaban J connectivity index is 1.55. The number of aryl methyl sites for hydroxylation is 1. The van der Waals surface area contributed by atoms with E-state index in [1.807, 2.05) is 0 Å². The summed E-state index contributed by atoms with van der Waals surface area (Å²) in [5.41, 5.74) is 2.51. The lowest BCUT2D eigenvalue weighted by Gasteiger charge is -2.50. The van der Waals surface area contributed by atoms with Crippen LogP contribution >= 0.6 is 0 Å². The maximum absolute atomic E-state index is 12.5. The van der Waals surface area contributed by atoms with Crippen molar-refractivity contribution in [1.82, 2.24) is 14.9 Å². The smallest absolute Gasteiger partial charge is 0.222 e. The van der Waals surface area contributed by atoms with Crippen LogP contribution in [-0.4, -0.2) is 46.5 Å². The third-order valence-electron chi connectivity index (χ3n) is 6.73. The summed E-state index contributed by atoms with van der Waals surface area (Å²) in [5, 5.41) is 0. The minimum absolute atomic E-state index is 0.250. The molecule has 1 amide bonds. The van der Waals surface area contributed by atoms with Gasteiger partial charge in [0.25, 0.3) is 0 Å². The number of anilines is 1. The number of carbonyl (C=O) groups excluding carboxylic acids is 1. The summed E-state index contributed by atoms with van der Waals surface area (Å²) in [6.45, 7) is 7.23. The van der Waals surface area contributed by atoms with Crippen LogP contribution in [0.3, 0.4) is 0 Å². The number of carbonyl (C=O) groups is 1. The minimum atomic E-state index is 0.250. The first-order chi connectivity index (χ1) is 12.1. The summed E-state index contributed by atoms with van der Waals surface area (Å²) in [7, 11) is 0. The fraction of sp³-hybridized carbons (Fsp3) is 0.750. The maximum atomic E-state index is 12.5. The highest BCUT2D eigenvalue weighted by Crippen LogP contribution is 2.42. The zero-order valence-electron chi connectivity index (χ0n) is 15.6. The van der Waals surface area contributed by atoms with E-state index in [0.717, 1.165) is 44.0 Å². The van der Waals surface area contributed by atoms with Crippen molar-refractivity contribution in [1.29, 1.82) is 0 Å². The van der Waals surface area contributed by atoms with Crippen molar-refractivity contribution in [3.05, 3.63) is 17.6 Å². The topological polar surface area (TPSA) is 49.3 Å². The van der Waals surface area contributed by atoms with Gasteiger partial charge in [-0.05, 0) is 46.0 Å². The monoisotopic (exact) mass is 342 g/mol. The van der Waals surface area contributed by atoms with Gasteiger partial charge in [0, 0.05) is 48.8 Å². The number of amides is 1. The number of likely N-dealkylation sites (tertiary alicyclic amines) is 1. The second-order valence-electron chi connectivity index (χ2n) is 8.39. The molecule has 0 aromatic carbocycles.